The second-order valence-corrected chi connectivity index (χ2v) is 9.88. The highest BCUT2D eigenvalue weighted by Crippen LogP contribution is 2.37. The van der Waals surface area contributed by atoms with E-state index in [9.17, 15) is 0 Å². The predicted molar refractivity (Wildman–Crippen MR) is 139 cm³/mol. The molecule has 1 fully saturated rings. The first-order valence-electron chi connectivity index (χ1n) is 12.5. The molecule has 174 valence electrons. The Morgan fingerprint density at radius 3 is 2.52 bits per heavy atom. The Hall–Kier alpha value is -2.72. The maximum absolute atomic E-state index is 4.39. The van der Waals surface area contributed by atoms with Gasteiger partial charge in [0.1, 0.15) is 5.82 Å². The summed E-state index contributed by atoms with van der Waals surface area (Å²) in [5, 5.41) is 1.39. The minimum Gasteiger partial charge on any atom is -0.354 e. The molecule has 4 heteroatoms. The number of H-pyrrole nitrogens is 1. The van der Waals surface area contributed by atoms with Crippen molar-refractivity contribution < 1.29 is 0 Å². The Morgan fingerprint density at radius 2 is 1.88 bits per heavy atom. The number of piperidine rings is 1. The second kappa shape index (κ2) is 10.5. The Labute approximate surface area is 198 Å². The van der Waals surface area contributed by atoms with Gasteiger partial charge in [-0.2, -0.15) is 0 Å². The Bertz CT molecular complexity index is 1130. The summed E-state index contributed by atoms with van der Waals surface area (Å²) in [6, 6.07) is 9.00. The fourth-order valence-electron chi connectivity index (χ4n) is 5.11. The minimum absolute atomic E-state index is 0.461. The van der Waals surface area contributed by atoms with Gasteiger partial charge in [-0.25, -0.2) is 9.97 Å². The highest BCUT2D eigenvalue weighted by Gasteiger charge is 2.23. The van der Waals surface area contributed by atoms with Crippen molar-refractivity contribution in [3.8, 4) is 0 Å². The van der Waals surface area contributed by atoms with Crippen molar-refractivity contribution >= 4 is 16.5 Å². The third-order valence-corrected chi connectivity index (χ3v) is 6.64. The smallest absolute Gasteiger partial charge is 0.142 e. The summed E-state index contributed by atoms with van der Waals surface area (Å²) in [5.74, 6) is 2.00. The average molecular weight is 443 g/mol. The topological polar surface area (TPSA) is 44.8 Å². The summed E-state index contributed by atoms with van der Waals surface area (Å²) in [4.78, 5) is 15.0. The van der Waals surface area contributed by atoms with Gasteiger partial charge in [0, 0.05) is 29.0 Å². The lowest BCUT2D eigenvalue weighted by Crippen LogP contribution is -2.33. The number of fused-ring (bicyclic) bond motifs is 1. The number of benzene rings is 1. The molecule has 1 aliphatic heterocycles. The number of hydrogen-bond donors (Lipinski definition) is 1. The van der Waals surface area contributed by atoms with Crippen LogP contribution in [0.3, 0.4) is 0 Å². The molecule has 0 aliphatic carbocycles. The van der Waals surface area contributed by atoms with Crippen LogP contribution >= 0.6 is 0 Å². The molecule has 4 rings (SSSR count). The molecule has 1 aliphatic rings. The molecule has 1 aromatic carbocycles. The molecular weight excluding hydrogens is 404 g/mol. The van der Waals surface area contributed by atoms with Crippen molar-refractivity contribution in [1.29, 1.82) is 0 Å². The third-order valence-electron chi connectivity index (χ3n) is 6.64. The molecule has 3 aromatic rings. The van der Waals surface area contributed by atoms with E-state index in [1.54, 1.807) is 0 Å². The summed E-state index contributed by atoms with van der Waals surface area (Å²) in [5.41, 5.74) is 8.11. The maximum Gasteiger partial charge on any atom is 0.142 e. The minimum atomic E-state index is 0.461. The predicted octanol–water partition coefficient (Wildman–Crippen LogP) is 7.22. The van der Waals surface area contributed by atoms with Crippen LogP contribution in [0.1, 0.15) is 88.4 Å². The first kappa shape index (κ1) is 23.4. The number of hydrogen-bond acceptors (Lipinski definition) is 3. The van der Waals surface area contributed by atoms with E-state index in [1.165, 1.54) is 51.7 Å². The molecule has 0 unspecified atom stereocenters. The summed E-state index contributed by atoms with van der Waals surface area (Å²) >= 11 is 0. The van der Waals surface area contributed by atoms with Crippen molar-refractivity contribution in [3.63, 3.8) is 0 Å². The molecule has 0 saturated carbocycles. The lowest BCUT2D eigenvalue weighted by Gasteiger charge is -2.31. The van der Waals surface area contributed by atoms with Crippen LogP contribution in [0.4, 0.5) is 0 Å². The fraction of sp³-hybridized carbons (Fsp3) is 0.448. The van der Waals surface area contributed by atoms with Gasteiger partial charge in [0.15, 0.2) is 0 Å². The number of allylic oxidation sites excluding steroid dienone is 4. The van der Waals surface area contributed by atoms with Crippen LogP contribution in [-0.4, -0.2) is 32.9 Å². The normalized spacial score (nSPS) is 16.0. The number of rotatable bonds is 7. The van der Waals surface area contributed by atoms with Crippen LogP contribution in [0, 0.1) is 0 Å². The summed E-state index contributed by atoms with van der Waals surface area (Å²) in [6.45, 7) is 14.2. The van der Waals surface area contributed by atoms with Gasteiger partial charge < -0.3 is 4.98 Å². The van der Waals surface area contributed by atoms with E-state index in [4.69, 9.17) is 0 Å². The third kappa shape index (κ3) is 5.44. The molecule has 0 bridgehead atoms. The molecule has 0 radical (unpaired) electrons. The van der Waals surface area contributed by atoms with Crippen LogP contribution in [0.5, 0.6) is 0 Å². The largest absolute Gasteiger partial charge is 0.354 e. The Morgan fingerprint density at radius 1 is 1.15 bits per heavy atom. The van der Waals surface area contributed by atoms with Crippen LogP contribution in [0.15, 0.2) is 54.4 Å². The van der Waals surface area contributed by atoms with Crippen molar-refractivity contribution in [3.05, 3.63) is 77.0 Å². The van der Waals surface area contributed by atoms with E-state index >= 15 is 0 Å². The molecule has 0 atom stereocenters. The van der Waals surface area contributed by atoms with Crippen molar-refractivity contribution in [1.82, 2.24) is 19.9 Å². The molecular formula is C29H38N4. The molecule has 0 amide bonds. The van der Waals surface area contributed by atoms with E-state index in [0.717, 1.165) is 31.9 Å². The van der Waals surface area contributed by atoms with Crippen LogP contribution in [0.25, 0.3) is 16.5 Å². The first-order valence-corrected chi connectivity index (χ1v) is 12.5. The van der Waals surface area contributed by atoms with E-state index in [1.807, 2.05) is 18.5 Å². The van der Waals surface area contributed by atoms with Crippen molar-refractivity contribution in [2.24, 2.45) is 0 Å². The highest BCUT2D eigenvalue weighted by molar-refractivity contribution is 5.92. The molecule has 33 heavy (non-hydrogen) atoms. The summed E-state index contributed by atoms with van der Waals surface area (Å²) < 4.78 is 0. The fourth-order valence-corrected chi connectivity index (χ4v) is 5.11. The van der Waals surface area contributed by atoms with E-state index in [0.29, 0.717) is 11.8 Å². The number of nitrogens with zero attached hydrogens (tertiary/aromatic N) is 3. The summed E-state index contributed by atoms with van der Waals surface area (Å²) in [7, 11) is 0. The van der Waals surface area contributed by atoms with Gasteiger partial charge in [0.05, 0.1) is 6.54 Å². The number of likely N-dealkylation sites (tertiary alicyclic amines) is 1. The zero-order chi connectivity index (χ0) is 23.4. The van der Waals surface area contributed by atoms with Gasteiger partial charge in [0.25, 0.3) is 0 Å². The lowest BCUT2D eigenvalue weighted by molar-refractivity contribution is 0.200. The molecule has 4 nitrogen and oxygen atoms in total. The molecule has 2 aromatic heterocycles. The molecule has 3 heterocycles. The number of nitrogens with one attached hydrogen (secondary N) is 1. The van der Waals surface area contributed by atoms with E-state index in [2.05, 4.69) is 84.8 Å². The van der Waals surface area contributed by atoms with Gasteiger partial charge in [0.2, 0.25) is 0 Å². The monoisotopic (exact) mass is 442 g/mol. The van der Waals surface area contributed by atoms with E-state index < -0.39 is 0 Å². The van der Waals surface area contributed by atoms with Crippen LogP contribution in [-0.2, 0) is 6.54 Å². The second-order valence-electron chi connectivity index (χ2n) is 9.88. The van der Waals surface area contributed by atoms with Gasteiger partial charge in [-0.3, -0.25) is 4.90 Å². The standard InChI is InChI=1S/C29H38N4/c1-6-8-24(17-20(2)3)29-28(21(4)5)25-18-23(9-10-26(25)32-29)22-11-15-33(16-12-22)19-27-30-13-7-14-31-27/h7-10,13-14,17-18,21-22,32H,6,11-12,15-16,19H2,1-5H3/b24-8+. The van der Waals surface area contributed by atoms with Crippen molar-refractivity contribution in [2.45, 2.75) is 72.3 Å². The maximum atomic E-state index is 4.39. The zero-order valence-electron chi connectivity index (χ0n) is 20.9. The zero-order valence-corrected chi connectivity index (χ0v) is 20.9. The number of aromatic nitrogens is 3. The quantitative estimate of drug-likeness (QED) is 0.393. The van der Waals surface area contributed by atoms with Gasteiger partial charge in [-0.1, -0.05) is 44.6 Å². The van der Waals surface area contributed by atoms with E-state index in [-0.39, 0.29) is 0 Å². The molecule has 1 N–H and O–H groups in total. The average Bonchev–Trinajstić information content (AvgIpc) is 3.19. The lowest BCUT2D eigenvalue weighted by atomic mass is 9.87. The molecule has 0 spiro atoms. The van der Waals surface area contributed by atoms with Crippen LogP contribution < -0.4 is 0 Å². The van der Waals surface area contributed by atoms with Crippen LogP contribution in [0.2, 0.25) is 0 Å². The first-order chi connectivity index (χ1) is 16.0. The Kier molecular flexibility index (Phi) is 7.44. The highest BCUT2D eigenvalue weighted by atomic mass is 15.1. The SMILES string of the molecule is CC/C=C(\C=C(C)C)c1[nH]c2ccc(C3CCN(Cc4ncccn4)CC3)cc2c1C(C)C. The Balaban J connectivity index is 1.59. The molecule has 1 saturated heterocycles. The van der Waals surface area contributed by atoms with Gasteiger partial charge >= 0.3 is 0 Å². The van der Waals surface area contributed by atoms with Gasteiger partial charge in [-0.05, 0) is 92.9 Å². The summed E-state index contributed by atoms with van der Waals surface area (Å²) in [6.07, 6.45) is 11.7. The van der Waals surface area contributed by atoms with Crippen molar-refractivity contribution in [2.75, 3.05) is 13.1 Å². The van der Waals surface area contributed by atoms with Gasteiger partial charge in [-0.15, -0.1) is 0 Å². The number of aromatic amines is 1.